The summed E-state index contributed by atoms with van der Waals surface area (Å²) >= 11 is 0. The molecule has 3 amide bonds. The number of imide groups is 1. The fourth-order valence-electron chi connectivity index (χ4n) is 5.03. The van der Waals surface area contributed by atoms with Crippen LogP contribution in [0.4, 0.5) is 4.79 Å². The smallest absolute Gasteiger partial charge is 0.410 e. The molecule has 12 heteroatoms. The molecular weight excluding hydrogens is 504 g/mol. The fourth-order valence-corrected chi connectivity index (χ4v) is 5.03. The predicted molar refractivity (Wildman–Crippen MR) is 145 cm³/mol. The summed E-state index contributed by atoms with van der Waals surface area (Å²) in [7, 11) is 3.42. The van der Waals surface area contributed by atoms with E-state index in [-0.39, 0.29) is 30.2 Å². The van der Waals surface area contributed by atoms with Gasteiger partial charge < -0.3 is 19.7 Å². The van der Waals surface area contributed by atoms with Gasteiger partial charge in [-0.3, -0.25) is 28.9 Å². The molecule has 0 saturated carbocycles. The molecule has 12 nitrogen and oxygen atoms in total. The number of likely N-dealkylation sites (N-methyl/N-ethyl adjacent to an activating group) is 1. The molecule has 4 rings (SSSR count). The summed E-state index contributed by atoms with van der Waals surface area (Å²) in [5.74, 6) is -0.743. The molecule has 0 bridgehead atoms. The van der Waals surface area contributed by atoms with Crippen molar-refractivity contribution in [1.29, 1.82) is 0 Å². The average molecular weight is 545 g/mol. The molecule has 0 spiro atoms. The van der Waals surface area contributed by atoms with Gasteiger partial charge in [0.2, 0.25) is 11.8 Å². The minimum absolute atomic E-state index is 0.0756. The van der Waals surface area contributed by atoms with E-state index in [4.69, 9.17) is 9.47 Å². The zero-order valence-electron chi connectivity index (χ0n) is 23.5. The number of hydrogen-bond acceptors (Lipinski definition) is 8. The van der Waals surface area contributed by atoms with E-state index in [2.05, 4.69) is 15.5 Å². The van der Waals surface area contributed by atoms with Crippen LogP contribution in [-0.2, 0) is 32.7 Å². The van der Waals surface area contributed by atoms with Crippen molar-refractivity contribution in [2.75, 3.05) is 46.4 Å². The van der Waals surface area contributed by atoms with E-state index in [0.29, 0.717) is 31.6 Å². The number of nitrogens with zero attached hydrogens (tertiary/aromatic N) is 4. The number of rotatable bonds is 8. The molecule has 2 saturated heterocycles. The number of benzene rings is 1. The first kappa shape index (κ1) is 28.8. The Kier molecular flexibility index (Phi) is 8.77. The van der Waals surface area contributed by atoms with Crippen LogP contribution in [0, 0.1) is 0 Å². The maximum atomic E-state index is 13.0. The van der Waals surface area contributed by atoms with Crippen LogP contribution in [0.5, 0.6) is 0 Å². The highest BCUT2D eigenvalue weighted by Crippen LogP contribution is 2.23. The predicted octanol–water partition coefficient (Wildman–Crippen LogP) is 0.975. The lowest BCUT2D eigenvalue weighted by Gasteiger charge is -2.35. The van der Waals surface area contributed by atoms with Crippen molar-refractivity contribution in [2.45, 2.75) is 57.9 Å². The number of ether oxygens (including phenoxy) is 2. The summed E-state index contributed by atoms with van der Waals surface area (Å²) in [5.41, 5.74) is 1.64. The van der Waals surface area contributed by atoms with Gasteiger partial charge in [0.05, 0.1) is 30.3 Å². The van der Waals surface area contributed by atoms with E-state index in [9.17, 15) is 19.2 Å². The third-order valence-electron chi connectivity index (χ3n) is 7.02. The van der Waals surface area contributed by atoms with Gasteiger partial charge >= 0.3 is 11.8 Å². The SMILES string of the molecule is CN(C[C@@H]1CN(CCNCc2ccc3c(c2)n(C)c(=O)n3C2CCC(=O)NC2=O)CCO1)C(=O)OC(C)(C)C. The molecule has 1 aromatic carbocycles. The van der Waals surface area contributed by atoms with E-state index in [1.807, 2.05) is 39.0 Å². The third-order valence-corrected chi connectivity index (χ3v) is 7.02. The zero-order chi connectivity index (χ0) is 28.3. The number of fused-ring (bicyclic) bond motifs is 1. The Balaban J connectivity index is 1.29. The summed E-state index contributed by atoms with van der Waals surface area (Å²) in [6.07, 6.45) is 0.0956. The number of aromatic nitrogens is 2. The monoisotopic (exact) mass is 544 g/mol. The normalized spacial score (nSPS) is 20.7. The van der Waals surface area contributed by atoms with Crippen molar-refractivity contribution >= 4 is 28.9 Å². The van der Waals surface area contributed by atoms with Gasteiger partial charge in [0.25, 0.3) is 0 Å². The lowest BCUT2D eigenvalue weighted by Crippen LogP contribution is -2.49. The Morgan fingerprint density at radius 1 is 1.23 bits per heavy atom. The van der Waals surface area contributed by atoms with E-state index in [1.165, 1.54) is 4.57 Å². The number of imidazole rings is 1. The van der Waals surface area contributed by atoms with Gasteiger partial charge in [-0.15, -0.1) is 0 Å². The first-order chi connectivity index (χ1) is 18.4. The van der Waals surface area contributed by atoms with Crippen molar-refractivity contribution < 1.29 is 23.9 Å². The standard InChI is InChI=1S/C27H40N6O6/c1-27(2,3)39-26(37)30(4)16-19-17-32(12-13-38-19)11-10-28-15-18-6-7-20-22(14-18)31(5)25(36)33(20)21-8-9-23(34)29-24(21)35/h6-7,14,19,21,28H,8-13,15-17H2,1-5H3,(H,29,34,35)/t19-,21?/m1/s1. The van der Waals surface area contributed by atoms with Gasteiger partial charge in [-0.2, -0.15) is 0 Å². The first-order valence-electron chi connectivity index (χ1n) is 13.5. The highest BCUT2D eigenvalue weighted by Gasteiger charge is 2.31. The molecule has 1 aromatic heterocycles. The number of carbonyl (C=O) groups is 3. The van der Waals surface area contributed by atoms with E-state index in [1.54, 1.807) is 23.6 Å². The number of morpholine rings is 1. The second-order valence-corrected chi connectivity index (χ2v) is 11.3. The highest BCUT2D eigenvalue weighted by atomic mass is 16.6. The maximum Gasteiger partial charge on any atom is 0.410 e. The molecule has 2 fully saturated rings. The second kappa shape index (κ2) is 11.9. The quantitative estimate of drug-likeness (QED) is 0.372. The van der Waals surface area contributed by atoms with E-state index < -0.39 is 17.6 Å². The lowest BCUT2D eigenvalue weighted by atomic mass is 10.1. The maximum absolute atomic E-state index is 13.0. The summed E-state index contributed by atoms with van der Waals surface area (Å²) in [6, 6.07) is 5.09. The van der Waals surface area contributed by atoms with Crippen molar-refractivity contribution in [1.82, 2.24) is 29.6 Å². The average Bonchev–Trinajstić information content (AvgIpc) is 3.10. The van der Waals surface area contributed by atoms with Crippen LogP contribution in [-0.4, -0.2) is 94.9 Å². The first-order valence-corrected chi connectivity index (χ1v) is 13.5. The van der Waals surface area contributed by atoms with E-state index in [0.717, 1.165) is 37.3 Å². The van der Waals surface area contributed by atoms with Crippen LogP contribution in [0.2, 0.25) is 0 Å². The molecule has 0 aliphatic carbocycles. The molecule has 2 N–H and O–H groups in total. The van der Waals surface area contributed by atoms with Crippen molar-refractivity contribution in [2.24, 2.45) is 7.05 Å². The number of aryl methyl sites for hydroxylation is 1. The van der Waals surface area contributed by atoms with Gasteiger partial charge in [0.15, 0.2) is 0 Å². The Hall–Kier alpha value is -3.22. The minimum atomic E-state index is -0.691. The summed E-state index contributed by atoms with van der Waals surface area (Å²) < 4.78 is 14.3. The molecule has 2 aromatic rings. The fraction of sp³-hybridized carbons (Fsp3) is 0.630. The molecule has 0 radical (unpaired) electrons. The molecule has 2 aliphatic heterocycles. The van der Waals surface area contributed by atoms with Crippen LogP contribution >= 0.6 is 0 Å². The largest absolute Gasteiger partial charge is 0.444 e. The summed E-state index contributed by atoms with van der Waals surface area (Å²) in [5, 5.41) is 5.80. The topological polar surface area (TPSA) is 127 Å². The molecule has 39 heavy (non-hydrogen) atoms. The van der Waals surface area contributed by atoms with Crippen molar-refractivity contribution in [3.63, 3.8) is 0 Å². The highest BCUT2D eigenvalue weighted by molar-refractivity contribution is 6.00. The van der Waals surface area contributed by atoms with Gasteiger partial charge in [-0.05, 0) is 44.9 Å². The van der Waals surface area contributed by atoms with Crippen LogP contribution in [0.1, 0.15) is 45.2 Å². The number of nitrogens with one attached hydrogen (secondary N) is 2. The van der Waals surface area contributed by atoms with Crippen LogP contribution < -0.4 is 16.3 Å². The van der Waals surface area contributed by atoms with Crippen molar-refractivity contribution in [3.05, 3.63) is 34.2 Å². The second-order valence-electron chi connectivity index (χ2n) is 11.3. The van der Waals surface area contributed by atoms with Gasteiger partial charge in [0, 0.05) is 53.2 Å². The Morgan fingerprint density at radius 3 is 2.72 bits per heavy atom. The molecule has 2 atom stereocenters. The van der Waals surface area contributed by atoms with Crippen LogP contribution in [0.15, 0.2) is 23.0 Å². The molecular formula is C27H40N6O6. The molecule has 1 unspecified atom stereocenters. The van der Waals surface area contributed by atoms with Crippen LogP contribution in [0.3, 0.4) is 0 Å². The Morgan fingerprint density at radius 2 is 2.00 bits per heavy atom. The van der Waals surface area contributed by atoms with Gasteiger partial charge in [-0.25, -0.2) is 9.59 Å². The van der Waals surface area contributed by atoms with Gasteiger partial charge in [0.1, 0.15) is 11.6 Å². The number of hydrogen-bond donors (Lipinski definition) is 2. The molecule has 2 aliphatic rings. The summed E-state index contributed by atoms with van der Waals surface area (Å²) in [6.45, 7) is 10.4. The summed E-state index contributed by atoms with van der Waals surface area (Å²) in [4.78, 5) is 53.0. The number of carbonyl (C=O) groups excluding carboxylic acids is 3. The Bertz CT molecular complexity index is 1280. The third kappa shape index (κ3) is 7.06. The van der Waals surface area contributed by atoms with Gasteiger partial charge in [-0.1, -0.05) is 6.07 Å². The number of piperidine rings is 1. The molecule has 214 valence electrons. The lowest BCUT2D eigenvalue weighted by molar-refractivity contribution is -0.135. The number of amides is 3. The zero-order valence-corrected chi connectivity index (χ0v) is 23.5. The Labute approximate surface area is 228 Å². The molecule has 3 heterocycles. The van der Waals surface area contributed by atoms with Crippen LogP contribution in [0.25, 0.3) is 11.0 Å². The minimum Gasteiger partial charge on any atom is -0.444 e. The van der Waals surface area contributed by atoms with E-state index >= 15 is 0 Å². The van der Waals surface area contributed by atoms with Crippen molar-refractivity contribution in [3.8, 4) is 0 Å².